The van der Waals surface area contributed by atoms with Crippen LogP contribution in [0, 0.1) is 0 Å². The first kappa shape index (κ1) is 14.2. The van der Waals surface area contributed by atoms with Crippen LogP contribution in [0.5, 0.6) is 0 Å². The van der Waals surface area contributed by atoms with Gasteiger partial charge in [0.05, 0.1) is 12.7 Å². The van der Waals surface area contributed by atoms with Gasteiger partial charge in [-0.05, 0) is 18.6 Å². The maximum Gasteiger partial charge on any atom is 0.251 e. The quantitative estimate of drug-likeness (QED) is 0.897. The van der Waals surface area contributed by atoms with Gasteiger partial charge in [-0.15, -0.1) is 5.10 Å². The Balaban J connectivity index is 1.61. The fraction of sp³-hybridized carbons (Fsp3) is 0.333. The van der Waals surface area contributed by atoms with Gasteiger partial charge >= 0.3 is 0 Å². The third-order valence-corrected chi connectivity index (χ3v) is 3.74. The molecule has 1 aliphatic rings. The van der Waals surface area contributed by atoms with Gasteiger partial charge in [0.1, 0.15) is 11.7 Å². The second-order valence-corrected chi connectivity index (χ2v) is 5.30. The van der Waals surface area contributed by atoms with Gasteiger partial charge in [-0.25, -0.2) is 4.68 Å². The highest BCUT2D eigenvalue weighted by molar-refractivity contribution is 5.94. The van der Waals surface area contributed by atoms with Crippen molar-refractivity contribution in [2.75, 3.05) is 13.6 Å². The maximum absolute atomic E-state index is 11.9. The Morgan fingerprint density at radius 3 is 2.82 bits per heavy atom. The number of hydrogen-bond donors (Lipinski definition) is 1. The molecule has 1 unspecified atom stereocenters. The fourth-order valence-electron chi connectivity index (χ4n) is 2.46. The molecule has 0 bridgehead atoms. The lowest BCUT2D eigenvalue weighted by atomic mass is 10.2. The molecule has 0 saturated carbocycles. The molecule has 114 valence electrons. The molecule has 1 aromatic carbocycles. The summed E-state index contributed by atoms with van der Waals surface area (Å²) in [5.41, 5.74) is 1.23. The Labute approximate surface area is 127 Å². The van der Waals surface area contributed by atoms with Crippen LogP contribution in [0.2, 0.25) is 0 Å². The Bertz CT molecular complexity index is 682. The van der Waals surface area contributed by atoms with Crippen molar-refractivity contribution in [1.82, 2.24) is 25.2 Å². The molecule has 0 radical (unpaired) electrons. The topological polar surface area (TPSA) is 80.1 Å². The monoisotopic (exact) mass is 299 g/mol. The van der Waals surface area contributed by atoms with Crippen LogP contribution < -0.4 is 5.32 Å². The third-order valence-electron chi connectivity index (χ3n) is 3.74. The number of aromatic nitrogens is 3. The molecule has 1 atom stereocenters. The van der Waals surface area contributed by atoms with Gasteiger partial charge in [-0.3, -0.25) is 9.59 Å². The standard InChI is InChI=1S/C15H17N5O2/c1-19-8-7-13(15(19)22)20-10-12(17-18-20)9-16-14(21)11-5-3-2-4-6-11/h2-6,10,13H,7-9H2,1H3,(H,16,21). The maximum atomic E-state index is 11.9. The van der Waals surface area contributed by atoms with Crippen molar-refractivity contribution >= 4 is 11.8 Å². The molecule has 1 aromatic heterocycles. The molecule has 0 spiro atoms. The molecule has 2 heterocycles. The zero-order valence-corrected chi connectivity index (χ0v) is 12.3. The normalized spacial score (nSPS) is 17.8. The Kier molecular flexibility index (Phi) is 3.86. The largest absolute Gasteiger partial charge is 0.346 e. The van der Waals surface area contributed by atoms with E-state index in [1.54, 1.807) is 35.0 Å². The molecule has 2 amide bonds. The number of likely N-dealkylation sites (tertiary alicyclic amines) is 1. The summed E-state index contributed by atoms with van der Waals surface area (Å²) in [6.45, 7) is 1.01. The lowest BCUT2D eigenvalue weighted by molar-refractivity contribution is -0.129. The van der Waals surface area contributed by atoms with E-state index in [0.29, 0.717) is 11.3 Å². The third kappa shape index (κ3) is 2.83. The number of rotatable bonds is 4. The minimum absolute atomic E-state index is 0.0461. The van der Waals surface area contributed by atoms with Crippen LogP contribution in [-0.4, -0.2) is 45.3 Å². The molecular formula is C15H17N5O2. The first-order valence-corrected chi connectivity index (χ1v) is 7.14. The predicted octanol–water partition coefficient (Wildman–Crippen LogP) is 0.611. The van der Waals surface area contributed by atoms with Crippen molar-refractivity contribution in [3.05, 3.63) is 47.8 Å². The van der Waals surface area contributed by atoms with E-state index in [1.165, 1.54) is 0 Å². The predicted molar refractivity (Wildman–Crippen MR) is 78.9 cm³/mol. The Morgan fingerprint density at radius 2 is 2.14 bits per heavy atom. The van der Waals surface area contributed by atoms with Gasteiger partial charge in [0.25, 0.3) is 5.91 Å². The van der Waals surface area contributed by atoms with E-state index in [9.17, 15) is 9.59 Å². The summed E-state index contributed by atoms with van der Waals surface area (Å²) in [7, 11) is 1.78. The second kappa shape index (κ2) is 5.97. The molecule has 1 saturated heterocycles. The van der Waals surface area contributed by atoms with Crippen LogP contribution in [0.4, 0.5) is 0 Å². The van der Waals surface area contributed by atoms with Crippen LogP contribution in [0.3, 0.4) is 0 Å². The zero-order chi connectivity index (χ0) is 15.5. The molecule has 1 N–H and O–H groups in total. The van der Waals surface area contributed by atoms with Crippen LogP contribution in [0.25, 0.3) is 0 Å². The number of likely N-dealkylation sites (N-methyl/N-ethyl adjacent to an activating group) is 1. The highest BCUT2D eigenvalue weighted by Crippen LogP contribution is 2.20. The lowest BCUT2D eigenvalue weighted by Crippen LogP contribution is -2.24. The number of nitrogens with zero attached hydrogens (tertiary/aromatic N) is 4. The van der Waals surface area contributed by atoms with E-state index in [0.717, 1.165) is 13.0 Å². The molecule has 22 heavy (non-hydrogen) atoms. The molecule has 2 aromatic rings. The van der Waals surface area contributed by atoms with Crippen LogP contribution >= 0.6 is 0 Å². The average Bonchev–Trinajstić information content (AvgIpc) is 3.13. The van der Waals surface area contributed by atoms with Crippen LogP contribution in [0.1, 0.15) is 28.5 Å². The highest BCUT2D eigenvalue weighted by Gasteiger charge is 2.31. The molecule has 3 rings (SSSR count). The van der Waals surface area contributed by atoms with Gasteiger partial charge < -0.3 is 10.2 Å². The van der Waals surface area contributed by atoms with Crippen molar-refractivity contribution in [3.63, 3.8) is 0 Å². The van der Waals surface area contributed by atoms with Gasteiger partial charge in [-0.1, -0.05) is 23.4 Å². The summed E-state index contributed by atoms with van der Waals surface area (Å²) in [6.07, 6.45) is 2.45. The summed E-state index contributed by atoms with van der Waals surface area (Å²) in [6, 6.07) is 8.70. The SMILES string of the molecule is CN1CCC(n2cc(CNC(=O)c3ccccc3)nn2)C1=O. The summed E-state index contributed by atoms with van der Waals surface area (Å²) >= 11 is 0. The minimum Gasteiger partial charge on any atom is -0.346 e. The number of carbonyl (C=O) groups excluding carboxylic acids is 2. The van der Waals surface area contributed by atoms with E-state index >= 15 is 0 Å². The first-order valence-electron chi connectivity index (χ1n) is 7.14. The summed E-state index contributed by atoms with van der Waals surface area (Å²) in [4.78, 5) is 25.6. The number of nitrogens with one attached hydrogen (secondary N) is 1. The second-order valence-electron chi connectivity index (χ2n) is 5.30. The highest BCUT2D eigenvalue weighted by atomic mass is 16.2. The zero-order valence-electron chi connectivity index (χ0n) is 12.3. The minimum atomic E-state index is -0.281. The molecule has 0 aliphatic carbocycles. The van der Waals surface area contributed by atoms with Gasteiger partial charge in [0.15, 0.2) is 0 Å². The fourth-order valence-corrected chi connectivity index (χ4v) is 2.46. The molecule has 7 nitrogen and oxygen atoms in total. The van der Waals surface area contributed by atoms with Crippen molar-refractivity contribution < 1.29 is 9.59 Å². The van der Waals surface area contributed by atoms with Crippen molar-refractivity contribution in [3.8, 4) is 0 Å². The molecule has 1 fully saturated rings. The number of benzene rings is 1. The molecular weight excluding hydrogens is 282 g/mol. The van der Waals surface area contributed by atoms with Crippen molar-refractivity contribution in [2.45, 2.75) is 19.0 Å². The van der Waals surface area contributed by atoms with Crippen LogP contribution in [-0.2, 0) is 11.3 Å². The summed E-state index contributed by atoms with van der Waals surface area (Å²) in [5, 5.41) is 10.8. The number of amides is 2. The smallest absolute Gasteiger partial charge is 0.251 e. The van der Waals surface area contributed by atoms with E-state index < -0.39 is 0 Å². The Morgan fingerprint density at radius 1 is 1.36 bits per heavy atom. The number of carbonyl (C=O) groups is 2. The number of hydrogen-bond acceptors (Lipinski definition) is 4. The van der Waals surface area contributed by atoms with Crippen molar-refractivity contribution in [1.29, 1.82) is 0 Å². The van der Waals surface area contributed by atoms with Crippen molar-refractivity contribution in [2.24, 2.45) is 0 Å². The summed E-state index contributed by atoms with van der Waals surface area (Å²) < 4.78 is 1.58. The van der Waals surface area contributed by atoms with E-state index in [1.807, 2.05) is 18.2 Å². The van der Waals surface area contributed by atoms with E-state index in [-0.39, 0.29) is 24.4 Å². The summed E-state index contributed by atoms with van der Waals surface area (Å²) in [5.74, 6) is -0.114. The average molecular weight is 299 g/mol. The Hall–Kier alpha value is -2.70. The molecule has 7 heteroatoms. The van der Waals surface area contributed by atoms with Gasteiger partial charge in [-0.2, -0.15) is 0 Å². The van der Waals surface area contributed by atoms with Gasteiger partial charge in [0, 0.05) is 19.2 Å². The first-order chi connectivity index (χ1) is 10.6. The van der Waals surface area contributed by atoms with E-state index in [2.05, 4.69) is 15.6 Å². The van der Waals surface area contributed by atoms with Gasteiger partial charge in [0.2, 0.25) is 5.91 Å². The van der Waals surface area contributed by atoms with E-state index in [4.69, 9.17) is 0 Å². The molecule has 1 aliphatic heterocycles. The van der Waals surface area contributed by atoms with Crippen LogP contribution in [0.15, 0.2) is 36.5 Å². The lowest BCUT2D eigenvalue weighted by Gasteiger charge is -2.09.